The molecule has 0 bridgehead atoms. The lowest BCUT2D eigenvalue weighted by Crippen LogP contribution is -2.45. The molecule has 3 rings (SSSR count). The zero-order chi connectivity index (χ0) is 23.4. The van der Waals surface area contributed by atoms with Crippen LogP contribution >= 0.6 is 11.3 Å². The number of likely N-dealkylation sites (N-methyl/N-ethyl adjacent to an activating group) is 1. The number of nitrogens with zero attached hydrogens (tertiary/aromatic N) is 3. The first-order valence-corrected chi connectivity index (χ1v) is 11.8. The summed E-state index contributed by atoms with van der Waals surface area (Å²) >= 11 is 1.36. The molecule has 2 heterocycles. The fourth-order valence-electron chi connectivity index (χ4n) is 3.94. The minimum Gasteiger partial charge on any atom is -0.466 e. The molecule has 0 unspecified atom stereocenters. The highest BCUT2D eigenvalue weighted by molar-refractivity contribution is 7.17. The number of likely N-dealkylation sites (tertiary alicyclic amines) is 1. The first-order chi connectivity index (χ1) is 15.2. The standard InChI is InChI=1S/C24H31N3O4S/c1-6-31-24(30)18-9-11-27(12-10-18)20(28)14-26(5)23(29)21-17(4)25-22(32-21)19-8-7-15(2)13-16(19)3/h7-8,13,18H,6,9-12,14H2,1-5H3. The first kappa shape index (κ1) is 23.9. The Labute approximate surface area is 193 Å². The van der Waals surface area contributed by atoms with Crippen LogP contribution in [0.15, 0.2) is 18.2 Å². The van der Waals surface area contributed by atoms with E-state index in [-0.39, 0.29) is 30.2 Å². The normalized spacial score (nSPS) is 14.3. The summed E-state index contributed by atoms with van der Waals surface area (Å²) in [6.07, 6.45) is 1.19. The van der Waals surface area contributed by atoms with Crippen molar-refractivity contribution in [3.63, 3.8) is 0 Å². The predicted molar refractivity (Wildman–Crippen MR) is 125 cm³/mol. The topological polar surface area (TPSA) is 79.8 Å². The number of aryl methyl sites for hydroxylation is 3. The van der Waals surface area contributed by atoms with Gasteiger partial charge in [0.2, 0.25) is 5.91 Å². The minimum atomic E-state index is -0.203. The molecule has 1 saturated heterocycles. The van der Waals surface area contributed by atoms with E-state index < -0.39 is 0 Å². The molecule has 172 valence electrons. The highest BCUT2D eigenvalue weighted by Gasteiger charge is 2.29. The van der Waals surface area contributed by atoms with Crippen LogP contribution in [0.5, 0.6) is 0 Å². The molecule has 1 aliphatic heterocycles. The summed E-state index contributed by atoms with van der Waals surface area (Å²) in [5.74, 6) is -0.653. The largest absolute Gasteiger partial charge is 0.466 e. The molecule has 2 amide bonds. The average Bonchev–Trinajstić information content (AvgIpc) is 3.14. The number of esters is 1. The maximum Gasteiger partial charge on any atom is 0.309 e. The molecule has 2 aromatic rings. The number of hydrogen-bond acceptors (Lipinski definition) is 6. The van der Waals surface area contributed by atoms with Gasteiger partial charge in [-0.05, 0) is 46.1 Å². The van der Waals surface area contributed by atoms with Crippen LogP contribution in [-0.4, -0.2) is 65.9 Å². The summed E-state index contributed by atoms with van der Waals surface area (Å²) in [7, 11) is 1.64. The second kappa shape index (κ2) is 10.3. The van der Waals surface area contributed by atoms with Crippen LogP contribution in [0, 0.1) is 26.7 Å². The van der Waals surface area contributed by atoms with E-state index in [9.17, 15) is 14.4 Å². The van der Waals surface area contributed by atoms with E-state index in [0.717, 1.165) is 16.1 Å². The first-order valence-electron chi connectivity index (χ1n) is 11.0. The summed E-state index contributed by atoms with van der Waals surface area (Å²) < 4.78 is 5.08. The Morgan fingerprint density at radius 2 is 1.88 bits per heavy atom. The van der Waals surface area contributed by atoms with Crippen molar-refractivity contribution in [2.75, 3.05) is 33.3 Å². The van der Waals surface area contributed by atoms with Gasteiger partial charge in [-0.25, -0.2) is 4.98 Å². The molecule has 0 atom stereocenters. The summed E-state index contributed by atoms with van der Waals surface area (Å²) in [6.45, 7) is 9.07. The summed E-state index contributed by atoms with van der Waals surface area (Å²) in [5, 5.41) is 0.809. The lowest BCUT2D eigenvalue weighted by Gasteiger charge is -2.32. The summed E-state index contributed by atoms with van der Waals surface area (Å²) in [4.78, 5) is 46.0. The van der Waals surface area contributed by atoms with Crippen LogP contribution in [0.4, 0.5) is 0 Å². The predicted octanol–water partition coefficient (Wildman–Crippen LogP) is 3.61. The van der Waals surface area contributed by atoms with Gasteiger partial charge < -0.3 is 14.5 Å². The molecule has 32 heavy (non-hydrogen) atoms. The molecule has 1 aromatic carbocycles. The van der Waals surface area contributed by atoms with Gasteiger partial charge in [0.25, 0.3) is 5.91 Å². The van der Waals surface area contributed by atoms with Gasteiger partial charge in [0, 0.05) is 25.7 Å². The number of thiazole rings is 1. The molecule has 0 spiro atoms. The van der Waals surface area contributed by atoms with Crippen molar-refractivity contribution in [3.8, 4) is 10.6 Å². The Morgan fingerprint density at radius 1 is 1.19 bits per heavy atom. The van der Waals surface area contributed by atoms with Crippen LogP contribution < -0.4 is 0 Å². The number of benzene rings is 1. The van der Waals surface area contributed by atoms with Gasteiger partial charge in [0.1, 0.15) is 9.88 Å². The number of piperidine rings is 1. The Morgan fingerprint density at radius 3 is 2.50 bits per heavy atom. The smallest absolute Gasteiger partial charge is 0.309 e. The van der Waals surface area contributed by atoms with Crippen molar-refractivity contribution >= 4 is 29.1 Å². The van der Waals surface area contributed by atoms with E-state index in [1.165, 1.54) is 21.8 Å². The fraction of sp³-hybridized carbons (Fsp3) is 0.500. The molecule has 1 aromatic heterocycles. The number of rotatable bonds is 6. The highest BCUT2D eigenvalue weighted by Crippen LogP contribution is 2.31. The molecule has 0 saturated carbocycles. The third kappa shape index (κ3) is 5.35. The van der Waals surface area contributed by atoms with Gasteiger partial charge in [-0.15, -0.1) is 11.3 Å². The highest BCUT2D eigenvalue weighted by atomic mass is 32.1. The number of ether oxygens (including phenoxy) is 1. The maximum atomic E-state index is 13.0. The lowest BCUT2D eigenvalue weighted by atomic mass is 9.97. The van der Waals surface area contributed by atoms with Crippen LogP contribution in [0.3, 0.4) is 0 Å². The monoisotopic (exact) mass is 457 g/mol. The number of aromatic nitrogens is 1. The second-order valence-corrected chi connectivity index (χ2v) is 9.32. The van der Waals surface area contributed by atoms with Crippen molar-refractivity contribution in [3.05, 3.63) is 39.9 Å². The minimum absolute atomic E-state index is 0.000854. The molecular weight excluding hydrogens is 426 g/mol. The van der Waals surface area contributed by atoms with E-state index in [2.05, 4.69) is 11.1 Å². The van der Waals surface area contributed by atoms with E-state index in [1.54, 1.807) is 18.9 Å². The molecule has 8 heteroatoms. The van der Waals surface area contributed by atoms with Gasteiger partial charge in [0.15, 0.2) is 0 Å². The van der Waals surface area contributed by atoms with Crippen LogP contribution in [-0.2, 0) is 14.3 Å². The van der Waals surface area contributed by atoms with Gasteiger partial charge >= 0.3 is 5.97 Å². The van der Waals surface area contributed by atoms with E-state index >= 15 is 0 Å². The molecule has 1 fully saturated rings. The molecule has 1 aliphatic rings. The van der Waals surface area contributed by atoms with Crippen molar-refractivity contribution < 1.29 is 19.1 Å². The Balaban J connectivity index is 1.62. The van der Waals surface area contributed by atoms with Crippen molar-refractivity contribution in [1.82, 2.24) is 14.8 Å². The number of carbonyl (C=O) groups excluding carboxylic acids is 3. The van der Waals surface area contributed by atoms with Crippen LogP contribution in [0.2, 0.25) is 0 Å². The molecule has 0 aliphatic carbocycles. The average molecular weight is 458 g/mol. The van der Waals surface area contributed by atoms with Gasteiger partial charge in [-0.3, -0.25) is 14.4 Å². The van der Waals surface area contributed by atoms with E-state index in [4.69, 9.17) is 4.74 Å². The Bertz CT molecular complexity index is 1010. The third-order valence-corrected chi connectivity index (χ3v) is 6.97. The van der Waals surface area contributed by atoms with Crippen molar-refractivity contribution in [1.29, 1.82) is 0 Å². The number of amides is 2. The van der Waals surface area contributed by atoms with Gasteiger partial charge in [-0.1, -0.05) is 23.8 Å². The van der Waals surface area contributed by atoms with E-state index in [1.807, 2.05) is 32.9 Å². The SMILES string of the molecule is CCOC(=O)C1CCN(C(=O)CN(C)C(=O)c2sc(-c3ccc(C)cc3C)nc2C)CC1. The van der Waals surface area contributed by atoms with Gasteiger partial charge in [-0.2, -0.15) is 0 Å². The zero-order valence-corrected chi connectivity index (χ0v) is 20.3. The fourth-order valence-corrected chi connectivity index (χ4v) is 5.09. The second-order valence-electron chi connectivity index (χ2n) is 8.32. The molecular formula is C24H31N3O4S. The summed E-state index contributed by atoms with van der Waals surface area (Å²) in [5.41, 5.74) is 3.99. The Kier molecular flexibility index (Phi) is 7.66. The zero-order valence-electron chi connectivity index (χ0n) is 19.4. The Hall–Kier alpha value is -2.74. The maximum absolute atomic E-state index is 13.0. The molecule has 7 nitrogen and oxygen atoms in total. The van der Waals surface area contributed by atoms with E-state index in [0.29, 0.717) is 43.1 Å². The van der Waals surface area contributed by atoms with Crippen molar-refractivity contribution in [2.24, 2.45) is 5.92 Å². The number of carbonyl (C=O) groups is 3. The molecule has 0 N–H and O–H groups in total. The van der Waals surface area contributed by atoms with Crippen molar-refractivity contribution in [2.45, 2.75) is 40.5 Å². The quantitative estimate of drug-likeness (QED) is 0.619. The number of hydrogen-bond donors (Lipinski definition) is 0. The summed E-state index contributed by atoms with van der Waals surface area (Å²) in [6, 6.07) is 6.17. The third-order valence-electron chi connectivity index (χ3n) is 5.79. The van der Waals surface area contributed by atoms with Crippen LogP contribution in [0.1, 0.15) is 46.3 Å². The van der Waals surface area contributed by atoms with Crippen LogP contribution in [0.25, 0.3) is 10.6 Å². The van der Waals surface area contributed by atoms with Gasteiger partial charge in [0.05, 0.1) is 24.8 Å². The lowest BCUT2D eigenvalue weighted by molar-refractivity contribution is -0.151. The molecule has 0 radical (unpaired) electrons.